The van der Waals surface area contributed by atoms with E-state index >= 15 is 0 Å². The SMILES string of the molecule is CCC1CCC(Nc2cnccn2)CC1. The Hall–Kier alpha value is -1.12. The highest BCUT2D eigenvalue weighted by atomic mass is 15.0. The van der Waals surface area contributed by atoms with Crippen LogP contribution in [-0.2, 0) is 0 Å². The van der Waals surface area contributed by atoms with E-state index in [2.05, 4.69) is 22.2 Å². The monoisotopic (exact) mass is 205 g/mol. The molecule has 0 aromatic carbocycles. The maximum absolute atomic E-state index is 4.24. The smallest absolute Gasteiger partial charge is 0.144 e. The lowest BCUT2D eigenvalue weighted by atomic mass is 9.84. The number of aromatic nitrogens is 2. The largest absolute Gasteiger partial charge is 0.366 e. The van der Waals surface area contributed by atoms with Gasteiger partial charge in [0.1, 0.15) is 5.82 Å². The van der Waals surface area contributed by atoms with Gasteiger partial charge in [0, 0.05) is 18.4 Å². The molecule has 3 nitrogen and oxygen atoms in total. The van der Waals surface area contributed by atoms with Crippen LogP contribution in [0, 0.1) is 5.92 Å². The Morgan fingerprint density at radius 3 is 2.67 bits per heavy atom. The van der Waals surface area contributed by atoms with Gasteiger partial charge in [-0.05, 0) is 31.6 Å². The first-order valence-corrected chi connectivity index (χ1v) is 5.91. The molecule has 2 rings (SSSR count). The lowest BCUT2D eigenvalue weighted by Gasteiger charge is -2.28. The fourth-order valence-electron chi connectivity index (χ4n) is 2.30. The minimum absolute atomic E-state index is 0.601. The second-order valence-electron chi connectivity index (χ2n) is 4.36. The molecule has 1 aliphatic rings. The van der Waals surface area contributed by atoms with Crippen molar-refractivity contribution in [3.05, 3.63) is 18.6 Å². The minimum Gasteiger partial charge on any atom is -0.366 e. The first kappa shape index (κ1) is 10.4. The van der Waals surface area contributed by atoms with Crippen molar-refractivity contribution < 1.29 is 0 Å². The van der Waals surface area contributed by atoms with Crippen LogP contribution < -0.4 is 5.32 Å². The Balaban J connectivity index is 1.82. The zero-order valence-electron chi connectivity index (χ0n) is 9.32. The summed E-state index contributed by atoms with van der Waals surface area (Å²) in [5, 5.41) is 3.45. The highest BCUT2D eigenvalue weighted by Gasteiger charge is 2.19. The predicted octanol–water partition coefficient (Wildman–Crippen LogP) is 2.86. The third-order valence-electron chi connectivity index (χ3n) is 3.34. The van der Waals surface area contributed by atoms with Gasteiger partial charge in [-0.2, -0.15) is 0 Å². The Bertz CT molecular complexity index is 278. The molecular weight excluding hydrogens is 186 g/mol. The lowest BCUT2D eigenvalue weighted by molar-refractivity contribution is 0.330. The normalized spacial score (nSPS) is 26.2. The average molecular weight is 205 g/mol. The van der Waals surface area contributed by atoms with Gasteiger partial charge in [-0.1, -0.05) is 13.3 Å². The van der Waals surface area contributed by atoms with E-state index in [1.807, 2.05) is 0 Å². The number of rotatable bonds is 3. The van der Waals surface area contributed by atoms with Gasteiger partial charge < -0.3 is 5.32 Å². The second kappa shape index (κ2) is 5.10. The molecule has 1 aromatic rings. The van der Waals surface area contributed by atoms with Crippen LogP contribution in [0.5, 0.6) is 0 Å². The standard InChI is InChI=1S/C12H19N3/c1-2-10-3-5-11(6-4-10)15-12-9-13-7-8-14-12/h7-11H,2-6H2,1H3,(H,14,15). The van der Waals surface area contributed by atoms with Crippen LogP contribution in [0.15, 0.2) is 18.6 Å². The summed E-state index contributed by atoms with van der Waals surface area (Å²) >= 11 is 0. The van der Waals surface area contributed by atoms with E-state index in [1.165, 1.54) is 32.1 Å². The van der Waals surface area contributed by atoms with Crippen LogP contribution in [0.25, 0.3) is 0 Å². The van der Waals surface area contributed by atoms with Crippen LogP contribution in [0.3, 0.4) is 0 Å². The van der Waals surface area contributed by atoms with Gasteiger partial charge in [0.2, 0.25) is 0 Å². The first-order valence-electron chi connectivity index (χ1n) is 5.91. The van der Waals surface area contributed by atoms with Crippen molar-refractivity contribution in [2.24, 2.45) is 5.92 Å². The van der Waals surface area contributed by atoms with Crippen molar-refractivity contribution in [3.8, 4) is 0 Å². The van der Waals surface area contributed by atoms with Crippen LogP contribution in [0.4, 0.5) is 5.82 Å². The molecule has 0 atom stereocenters. The number of nitrogens with one attached hydrogen (secondary N) is 1. The van der Waals surface area contributed by atoms with Crippen LogP contribution in [0.2, 0.25) is 0 Å². The third kappa shape index (κ3) is 2.91. The summed E-state index contributed by atoms with van der Waals surface area (Å²) in [7, 11) is 0. The van der Waals surface area contributed by atoms with E-state index < -0.39 is 0 Å². The van der Waals surface area contributed by atoms with E-state index in [4.69, 9.17) is 0 Å². The summed E-state index contributed by atoms with van der Waals surface area (Å²) in [5.41, 5.74) is 0. The van der Waals surface area contributed by atoms with Crippen molar-refractivity contribution >= 4 is 5.82 Å². The Labute approximate surface area is 91.3 Å². The Kier molecular flexibility index (Phi) is 3.54. The molecule has 0 bridgehead atoms. The van der Waals surface area contributed by atoms with Gasteiger partial charge in [-0.3, -0.25) is 4.98 Å². The molecule has 0 amide bonds. The fourth-order valence-corrected chi connectivity index (χ4v) is 2.30. The molecule has 0 radical (unpaired) electrons. The molecule has 15 heavy (non-hydrogen) atoms. The van der Waals surface area contributed by atoms with Crippen molar-refractivity contribution in [1.29, 1.82) is 0 Å². The molecule has 1 aliphatic carbocycles. The van der Waals surface area contributed by atoms with Gasteiger partial charge in [0.05, 0.1) is 6.20 Å². The average Bonchev–Trinajstić information content (AvgIpc) is 2.31. The molecule has 0 aliphatic heterocycles. The molecule has 0 unspecified atom stereocenters. The van der Waals surface area contributed by atoms with Crippen molar-refractivity contribution in [2.45, 2.75) is 45.1 Å². The maximum Gasteiger partial charge on any atom is 0.144 e. The van der Waals surface area contributed by atoms with Crippen molar-refractivity contribution in [3.63, 3.8) is 0 Å². The summed E-state index contributed by atoms with van der Waals surface area (Å²) in [5.74, 6) is 1.86. The minimum atomic E-state index is 0.601. The molecular formula is C12H19N3. The van der Waals surface area contributed by atoms with E-state index in [0.717, 1.165) is 11.7 Å². The third-order valence-corrected chi connectivity index (χ3v) is 3.34. The zero-order chi connectivity index (χ0) is 10.5. The van der Waals surface area contributed by atoms with Gasteiger partial charge in [0.25, 0.3) is 0 Å². The summed E-state index contributed by atoms with van der Waals surface area (Å²) in [4.78, 5) is 8.29. The van der Waals surface area contributed by atoms with Crippen LogP contribution >= 0.6 is 0 Å². The second-order valence-corrected chi connectivity index (χ2v) is 4.36. The summed E-state index contributed by atoms with van der Waals surface area (Å²) < 4.78 is 0. The maximum atomic E-state index is 4.24. The number of nitrogens with zero attached hydrogens (tertiary/aromatic N) is 2. The van der Waals surface area contributed by atoms with E-state index in [1.54, 1.807) is 18.6 Å². The fraction of sp³-hybridized carbons (Fsp3) is 0.667. The topological polar surface area (TPSA) is 37.8 Å². The summed E-state index contributed by atoms with van der Waals surface area (Å²) in [6.07, 6.45) is 11.8. The van der Waals surface area contributed by atoms with Crippen LogP contribution in [0.1, 0.15) is 39.0 Å². The van der Waals surface area contributed by atoms with Crippen molar-refractivity contribution in [1.82, 2.24) is 9.97 Å². The Morgan fingerprint density at radius 1 is 1.27 bits per heavy atom. The molecule has 3 heteroatoms. The summed E-state index contributed by atoms with van der Waals surface area (Å²) in [6, 6.07) is 0.601. The quantitative estimate of drug-likeness (QED) is 0.824. The lowest BCUT2D eigenvalue weighted by Crippen LogP contribution is -2.26. The molecule has 1 aromatic heterocycles. The number of hydrogen-bond acceptors (Lipinski definition) is 3. The molecule has 82 valence electrons. The molecule has 0 spiro atoms. The summed E-state index contributed by atoms with van der Waals surface area (Å²) in [6.45, 7) is 2.29. The van der Waals surface area contributed by atoms with E-state index in [-0.39, 0.29) is 0 Å². The van der Waals surface area contributed by atoms with Gasteiger partial charge in [-0.25, -0.2) is 4.98 Å². The van der Waals surface area contributed by atoms with E-state index in [9.17, 15) is 0 Å². The highest BCUT2D eigenvalue weighted by Crippen LogP contribution is 2.27. The molecule has 1 heterocycles. The van der Waals surface area contributed by atoms with Crippen molar-refractivity contribution in [2.75, 3.05) is 5.32 Å². The van der Waals surface area contributed by atoms with E-state index in [0.29, 0.717) is 6.04 Å². The Morgan fingerprint density at radius 2 is 2.07 bits per heavy atom. The highest BCUT2D eigenvalue weighted by molar-refractivity contribution is 5.31. The first-order chi connectivity index (χ1) is 7.38. The predicted molar refractivity (Wildman–Crippen MR) is 61.7 cm³/mol. The van der Waals surface area contributed by atoms with Gasteiger partial charge in [-0.15, -0.1) is 0 Å². The van der Waals surface area contributed by atoms with Gasteiger partial charge in [0.15, 0.2) is 0 Å². The molecule has 1 fully saturated rings. The molecule has 0 saturated heterocycles. The molecule has 1 saturated carbocycles. The number of hydrogen-bond donors (Lipinski definition) is 1. The molecule has 1 N–H and O–H groups in total. The zero-order valence-corrected chi connectivity index (χ0v) is 9.32. The van der Waals surface area contributed by atoms with Gasteiger partial charge >= 0.3 is 0 Å². The number of anilines is 1. The van der Waals surface area contributed by atoms with Crippen LogP contribution in [-0.4, -0.2) is 16.0 Å².